The number of carbonyl (C=O) groups is 1. The van der Waals surface area contributed by atoms with Crippen molar-refractivity contribution in [3.63, 3.8) is 0 Å². The number of fused-ring (bicyclic) bond motifs is 1. The number of hydrogen-bond acceptors (Lipinski definition) is 3. The maximum Gasteiger partial charge on any atom is 0.248 e. The van der Waals surface area contributed by atoms with Crippen molar-refractivity contribution in [2.24, 2.45) is 11.7 Å². The molecule has 1 fully saturated rings. The van der Waals surface area contributed by atoms with E-state index in [4.69, 9.17) is 5.73 Å². The minimum Gasteiger partial charge on any atom is -0.369 e. The Hall–Kier alpha value is -1.55. The SMILES string of the molecule is CC1CCN(c2ccc3c(c2)N(C)C(=O)C3N)C(C)C1. The summed E-state index contributed by atoms with van der Waals surface area (Å²) in [6.45, 7) is 5.69. The molecule has 3 rings (SSSR count). The Labute approximate surface area is 120 Å². The molecule has 0 aromatic heterocycles. The molecular weight excluding hydrogens is 250 g/mol. The molecule has 3 unspecified atom stereocenters. The van der Waals surface area contributed by atoms with Crippen LogP contribution in [0.3, 0.4) is 0 Å². The predicted molar refractivity (Wildman–Crippen MR) is 82.0 cm³/mol. The van der Waals surface area contributed by atoms with Gasteiger partial charge < -0.3 is 15.5 Å². The van der Waals surface area contributed by atoms with Crippen molar-refractivity contribution in [3.05, 3.63) is 23.8 Å². The topological polar surface area (TPSA) is 49.6 Å². The van der Waals surface area contributed by atoms with Crippen molar-refractivity contribution in [2.75, 3.05) is 23.4 Å². The lowest BCUT2D eigenvalue weighted by molar-refractivity contribution is -0.118. The van der Waals surface area contributed by atoms with Crippen molar-refractivity contribution in [3.8, 4) is 0 Å². The quantitative estimate of drug-likeness (QED) is 0.854. The first-order valence-corrected chi connectivity index (χ1v) is 7.42. The van der Waals surface area contributed by atoms with Crippen molar-refractivity contribution >= 4 is 17.3 Å². The lowest BCUT2D eigenvalue weighted by Crippen LogP contribution is -2.40. The van der Waals surface area contributed by atoms with E-state index in [9.17, 15) is 4.79 Å². The Morgan fingerprint density at radius 2 is 2.05 bits per heavy atom. The van der Waals surface area contributed by atoms with E-state index in [2.05, 4.69) is 30.9 Å². The summed E-state index contributed by atoms with van der Waals surface area (Å²) in [4.78, 5) is 16.1. The van der Waals surface area contributed by atoms with Crippen LogP contribution in [0.4, 0.5) is 11.4 Å². The number of carbonyl (C=O) groups excluding carboxylic acids is 1. The highest BCUT2D eigenvalue weighted by molar-refractivity contribution is 6.04. The fourth-order valence-corrected chi connectivity index (χ4v) is 3.52. The van der Waals surface area contributed by atoms with Gasteiger partial charge in [0.05, 0.1) is 5.69 Å². The fourth-order valence-electron chi connectivity index (χ4n) is 3.52. The van der Waals surface area contributed by atoms with Gasteiger partial charge >= 0.3 is 0 Å². The van der Waals surface area contributed by atoms with Crippen molar-refractivity contribution < 1.29 is 4.79 Å². The number of nitrogens with two attached hydrogens (primary N) is 1. The van der Waals surface area contributed by atoms with Gasteiger partial charge in [-0.05, 0) is 37.8 Å². The Bertz CT molecular complexity index is 543. The van der Waals surface area contributed by atoms with Crippen molar-refractivity contribution in [2.45, 2.75) is 38.8 Å². The molecule has 108 valence electrons. The molecule has 1 aromatic rings. The molecule has 4 nitrogen and oxygen atoms in total. The number of benzene rings is 1. The summed E-state index contributed by atoms with van der Waals surface area (Å²) >= 11 is 0. The molecule has 0 spiro atoms. The summed E-state index contributed by atoms with van der Waals surface area (Å²) in [5, 5.41) is 0. The molecule has 20 heavy (non-hydrogen) atoms. The first kappa shape index (κ1) is 13.4. The molecule has 0 aliphatic carbocycles. The van der Waals surface area contributed by atoms with E-state index in [-0.39, 0.29) is 5.91 Å². The zero-order valence-electron chi connectivity index (χ0n) is 12.5. The third-order valence-corrected chi connectivity index (χ3v) is 4.78. The lowest BCUT2D eigenvalue weighted by atomic mass is 9.92. The predicted octanol–water partition coefficient (Wildman–Crippen LogP) is 2.29. The van der Waals surface area contributed by atoms with Gasteiger partial charge in [-0.15, -0.1) is 0 Å². The molecule has 0 radical (unpaired) electrons. The van der Waals surface area contributed by atoms with Crippen LogP contribution in [0, 0.1) is 5.92 Å². The van der Waals surface area contributed by atoms with Crippen LogP contribution in [-0.2, 0) is 4.79 Å². The largest absolute Gasteiger partial charge is 0.369 e. The Morgan fingerprint density at radius 1 is 1.30 bits per heavy atom. The second-order valence-electron chi connectivity index (χ2n) is 6.29. The highest BCUT2D eigenvalue weighted by Crippen LogP contribution is 2.38. The van der Waals surface area contributed by atoms with Crippen LogP contribution in [0.1, 0.15) is 38.3 Å². The van der Waals surface area contributed by atoms with Crippen LogP contribution in [0.5, 0.6) is 0 Å². The van der Waals surface area contributed by atoms with Gasteiger partial charge in [0.2, 0.25) is 5.91 Å². The van der Waals surface area contributed by atoms with Crippen LogP contribution in [0.25, 0.3) is 0 Å². The second kappa shape index (κ2) is 4.77. The molecule has 0 bridgehead atoms. The van der Waals surface area contributed by atoms with E-state index in [1.165, 1.54) is 18.5 Å². The maximum atomic E-state index is 11.9. The van der Waals surface area contributed by atoms with Gasteiger partial charge in [0.1, 0.15) is 6.04 Å². The lowest BCUT2D eigenvalue weighted by Gasteiger charge is -2.38. The average molecular weight is 273 g/mol. The van der Waals surface area contributed by atoms with E-state index in [1.807, 2.05) is 6.07 Å². The smallest absolute Gasteiger partial charge is 0.248 e. The average Bonchev–Trinajstić information content (AvgIpc) is 2.64. The highest BCUT2D eigenvalue weighted by atomic mass is 16.2. The van der Waals surface area contributed by atoms with Crippen molar-refractivity contribution in [1.82, 2.24) is 0 Å². The van der Waals surface area contributed by atoms with E-state index in [1.54, 1.807) is 11.9 Å². The summed E-state index contributed by atoms with van der Waals surface area (Å²) in [7, 11) is 1.81. The van der Waals surface area contributed by atoms with Gasteiger partial charge in [0.25, 0.3) is 0 Å². The van der Waals surface area contributed by atoms with Gasteiger partial charge in [-0.3, -0.25) is 4.79 Å². The summed E-state index contributed by atoms with van der Waals surface area (Å²) in [5.41, 5.74) is 9.06. The molecule has 4 heteroatoms. The summed E-state index contributed by atoms with van der Waals surface area (Å²) in [6.07, 6.45) is 2.46. The number of piperidine rings is 1. The van der Waals surface area contributed by atoms with E-state index < -0.39 is 6.04 Å². The standard InChI is InChI=1S/C16H23N3O/c1-10-6-7-19(11(2)8-10)12-4-5-13-14(9-12)18(3)16(20)15(13)17/h4-5,9-11,15H,6-8,17H2,1-3H3. The Balaban J connectivity index is 1.92. The number of hydrogen-bond donors (Lipinski definition) is 1. The molecule has 2 aliphatic rings. The monoisotopic (exact) mass is 273 g/mol. The molecule has 3 atom stereocenters. The first-order chi connectivity index (χ1) is 9.49. The minimum atomic E-state index is -0.497. The molecule has 1 aromatic carbocycles. The normalized spacial score (nSPS) is 29.8. The third kappa shape index (κ3) is 1.99. The van der Waals surface area contributed by atoms with Crippen LogP contribution >= 0.6 is 0 Å². The van der Waals surface area contributed by atoms with Crippen LogP contribution in [0.15, 0.2) is 18.2 Å². The van der Waals surface area contributed by atoms with Gasteiger partial charge in [-0.1, -0.05) is 13.0 Å². The number of nitrogens with zero attached hydrogens (tertiary/aromatic N) is 2. The minimum absolute atomic E-state index is 0.0162. The Morgan fingerprint density at radius 3 is 2.75 bits per heavy atom. The summed E-state index contributed by atoms with van der Waals surface area (Å²) in [5.74, 6) is 0.783. The number of rotatable bonds is 1. The second-order valence-corrected chi connectivity index (χ2v) is 6.29. The van der Waals surface area contributed by atoms with Crippen LogP contribution < -0.4 is 15.5 Å². The highest BCUT2D eigenvalue weighted by Gasteiger charge is 2.33. The maximum absolute atomic E-state index is 11.9. The zero-order valence-corrected chi connectivity index (χ0v) is 12.5. The number of likely N-dealkylation sites (N-methyl/N-ethyl adjacent to an activating group) is 1. The van der Waals surface area contributed by atoms with E-state index >= 15 is 0 Å². The molecule has 2 aliphatic heterocycles. The summed E-state index contributed by atoms with van der Waals surface area (Å²) < 4.78 is 0. The Kier molecular flexibility index (Phi) is 3.21. The van der Waals surface area contributed by atoms with Gasteiger partial charge in [-0.2, -0.15) is 0 Å². The van der Waals surface area contributed by atoms with Gasteiger partial charge in [-0.25, -0.2) is 0 Å². The molecule has 0 saturated carbocycles. The third-order valence-electron chi connectivity index (χ3n) is 4.78. The fraction of sp³-hybridized carbons (Fsp3) is 0.562. The molecular formula is C16H23N3O. The van der Waals surface area contributed by atoms with E-state index in [0.717, 1.165) is 23.7 Å². The molecule has 1 saturated heterocycles. The molecule has 2 N–H and O–H groups in total. The first-order valence-electron chi connectivity index (χ1n) is 7.42. The van der Waals surface area contributed by atoms with Gasteiger partial charge in [0, 0.05) is 30.9 Å². The number of anilines is 2. The molecule has 2 heterocycles. The molecule has 1 amide bonds. The van der Waals surface area contributed by atoms with E-state index in [0.29, 0.717) is 6.04 Å². The van der Waals surface area contributed by atoms with Crippen LogP contribution in [0.2, 0.25) is 0 Å². The van der Waals surface area contributed by atoms with Crippen molar-refractivity contribution in [1.29, 1.82) is 0 Å². The summed E-state index contributed by atoms with van der Waals surface area (Å²) in [6, 6.07) is 6.29. The number of amides is 1. The van der Waals surface area contributed by atoms with Crippen LogP contribution in [-0.4, -0.2) is 25.5 Å². The van der Waals surface area contributed by atoms with Gasteiger partial charge in [0.15, 0.2) is 0 Å². The zero-order chi connectivity index (χ0) is 14.4.